The van der Waals surface area contributed by atoms with E-state index in [2.05, 4.69) is 0 Å². The Balaban J connectivity index is 1.49. The van der Waals surface area contributed by atoms with Crippen LogP contribution in [0.2, 0.25) is 5.02 Å². The third-order valence-corrected chi connectivity index (χ3v) is 5.92. The highest BCUT2D eigenvalue weighted by molar-refractivity contribution is 8.18. The van der Waals surface area contributed by atoms with Gasteiger partial charge in [0.05, 0.1) is 11.4 Å². The number of benzene rings is 3. The van der Waals surface area contributed by atoms with E-state index in [1.807, 2.05) is 48.5 Å². The molecule has 0 aliphatic carbocycles. The number of hydrogen-bond donors (Lipinski definition) is 0. The molecule has 0 unspecified atom stereocenters. The van der Waals surface area contributed by atoms with Crippen LogP contribution >= 0.6 is 23.4 Å². The lowest BCUT2D eigenvalue weighted by Crippen LogP contribution is -2.28. The SMILES string of the molecule is O=C1SC(=Cc2cccc(OCc3ccccc3)c2)C(=O)N1Cc1c(F)cccc1Cl. The number of carbonyl (C=O) groups excluding carboxylic acids is 2. The molecule has 1 aliphatic rings. The summed E-state index contributed by atoms with van der Waals surface area (Å²) in [5.74, 6) is -0.390. The van der Waals surface area contributed by atoms with E-state index in [1.165, 1.54) is 18.2 Å². The highest BCUT2D eigenvalue weighted by Gasteiger charge is 2.35. The molecule has 0 bridgehead atoms. The number of halogens is 2. The van der Waals surface area contributed by atoms with Crippen molar-refractivity contribution in [1.82, 2.24) is 4.90 Å². The summed E-state index contributed by atoms with van der Waals surface area (Å²) in [5.41, 5.74) is 1.88. The number of imide groups is 1. The highest BCUT2D eigenvalue weighted by atomic mass is 35.5. The Hall–Kier alpha value is -3.09. The smallest absolute Gasteiger partial charge is 0.293 e. The molecular weight excluding hydrogens is 437 g/mol. The molecule has 4 nitrogen and oxygen atoms in total. The summed E-state index contributed by atoms with van der Waals surface area (Å²) in [6.07, 6.45) is 1.63. The largest absolute Gasteiger partial charge is 0.489 e. The van der Waals surface area contributed by atoms with Gasteiger partial charge in [0.25, 0.3) is 11.1 Å². The molecule has 1 heterocycles. The van der Waals surface area contributed by atoms with Crippen LogP contribution in [0, 0.1) is 5.82 Å². The van der Waals surface area contributed by atoms with Gasteiger partial charge in [-0.3, -0.25) is 14.5 Å². The second-order valence-electron chi connectivity index (χ2n) is 6.81. The van der Waals surface area contributed by atoms with Crippen LogP contribution in [0.4, 0.5) is 9.18 Å². The Bertz CT molecular complexity index is 1150. The third-order valence-electron chi connectivity index (χ3n) is 4.66. The Morgan fingerprint density at radius 2 is 1.77 bits per heavy atom. The predicted octanol–water partition coefficient (Wildman–Crippen LogP) is 6.29. The van der Waals surface area contributed by atoms with Crippen molar-refractivity contribution in [2.75, 3.05) is 0 Å². The lowest BCUT2D eigenvalue weighted by molar-refractivity contribution is -0.123. The highest BCUT2D eigenvalue weighted by Crippen LogP contribution is 2.35. The summed E-state index contributed by atoms with van der Waals surface area (Å²) in [7, 11) is 0. The molecule has 4 rings (SSSR count). The first-order valence-electron chi connectivity index (χ1n) is 9.46. The number of rotatable bonds is 6. The van der Waals surface area contributed by atoms with E-state index in [9.17, 15) is 14.0 Å². The molecule has 31 heavy (non-hydrogen) atoms. The van der Waals surface area contributed by atoms with Crippen LogP contribution < -0.4 is 4.74 Å². The summed E-state index contributed by atoms with van der Waals surface area (Å²) in [6.45, 7) is 0.206. The number of carbonyl (C=O) groups is 2. The molecule has 0 spiro atoms. The number of hydrogen-bond acceptors (Lipinski definition) is 4. The zero-order valence-corrected chi connectivity index (χ0v) is 17.8. The van der Waals surface area contributed by atoms with Gasteiger partial charge in [-0.1, -0.05) is 60.1 Å². The van der Waals surface area contributed by atoms with Gasteiger partial charge < -0.3 is 4.74 Å². The standard InChI is InChI=1S/C24H17ClFNO3S/c25-20-10-5-11-21(26)19(20)14-27-23(28)22(31-24(27)29)13-17-8-4-9-18(12-17)30-15-16-6-2-1-3-7-16/h1-13H,14-15H2. The van der Waals surface area contributed by atoms with Gasteiger partial charge in [0.15, 0.2) is 0 Å². The monoisotopic (exact) mass is 453 g/mol. The summed E-state index contributed by atoms with van der Waals surface area (Å²) < 4.78 is 19.9. The molecule has 1 fully saturated rings. The first-order chi connectivity index (χ1) is 15.0. The van der Waals surface area contributed by atoms with Crippen molar-refractivity contribution in [2.45, 2.75) is 13.2 Å². The molecule has 7 heteroatoms. The summed E-state index contributed by atoms with van der Waals surface area (Å²) >= 11 is 6.85. The van der Waals surface area contributed by atoms with Crippen LogP contribution in [0.15, 0.2) is 77.7 Å². The van der Waals surface area contributed by atoms with E-state index in [0.717, 1.165) is 27.8 Å². The number of ether oxygens (including phenoxy) is 1. The van der Waals surface area contributed by atoms with Crippen LogP contribution in [0.1, 0.15) is 16.7 Å². The maximum Gasteiger partial charge on any atom is 0.293 e. The van der Waals surface area contributed by atoms with E-state index in [-0.39, 0.29) is 22.0 Å². The molecule has 1 saturated heterocycles. The summed E-state index contributed by atoms with van der Waals surface area (Å²) in [5, 5.41) is -0.293. The average Bonchev–Trinajstić information content (AvgIpc) is 3.03. The Morgan fingerprint density at radius 1 is 1.00 bits per heavy atom. The predicted molar refractivity (Wildman–Crippen MR) is 120 cm³/mol. The van der Waals surface area contributed by atoms with Crippen LogP contribution in [-0.2, 0) is 17.9 Å². The van der Waals surface area contributed by atoms with Crippen LogP contribution in [0.3, 0.4) is 0 Å². The molecule has 0 atom stereocenters. The van der Waals surface area contributed by atoms with E-state index in [1.54, 1.807) is 12.1 Å². The lowest BCUT2D eigenvalue weighted by Gasteiger charge is -2.14. The van der Waals surface area contributed by atoms with Gasteiger partial charge in [-0.25, -0.2) is 4.39 Å². The maximum absolute atomic E-state index is 14.1. The zero-order valence-electron chi connectivity index (χ0n) is 16.3. The maximum atomic E-state index is 14.1. The normalized spacial score (nSPS) is 15.0. The minimum Gasteiger partial charge on any atom is -0.489 e. The van der Waals surface area contributed by atoms with Gasteiger partial charge in [-0.2, -0.15) is 0 Å². The van der Waals surface area contributed by atoms with Gasteiger partial charge in [0.1, 0.15) is 18.2 Å². The number of amides is 2. The quantitative estimate of drug-likeness (QED) is 0.411. The Labute approximate surface area is 188 Å². The fourth-order valence-electron chi connectivity index (χ4n) is 3.06. The second-order valence-corrected chi connectivity index (χ2v) is 8.22. The Morgan fingerprint density at radius 3 is 2.55 bits per heavy atom. The molecule has 156 valence electrons. The van der Waals surface area contributed by atoms with Gasteiger partial charge in [0, 0.05) is 10.6 Å². The first-order valence-corrected chi connectivity index (χ1v) is 10.7. The first kappa shape index (κ1) is 21.2. The van der Waals surface area contributed by atoms with Crippen LogP contribution in [0.25, 0.3) is 6.08 Å². The molecule has 0 saturated carbocycles. The second kappa shape index (κ2) is 9.37. The molecular formula is C24H17ClFNO3S. The van der Waals surface area contributed by atoms with Crippen molar-refractivity contribution in [3.63, 3.8) is 0 Å². The van der Waals surface area contributed by atoms with Crippen LogP contribution in [-0.4, -0.2) is 16.0 Å². The number of thioether (sulfide) groups is 1. The number of nitrogens with zero attached hydrogens (tertiary/aromatic N) is 1. The molecule has 0 N–H and O–H groups in total. The van der Waals surface area contributed by atoms with Gasteiger partial charge in [0.2, 0.25) is 0 Å². The zero-order chi connectivity index (χ0) is 21.8. The summed E-state index contributed by atoms with van der Waals surface area (Å²) in [6, 6.07) is 21.3. The van der Waals surface area contributed by atoms with E-state index >= 15 is 0 Å². The molecule has 0 aromatic heterocycles. The fraction of sp³-hybridized carbons (Fsp3) is 0.0833. The van der Waals surface area contributed by atoms with Crippen molar-refractivity contribution >= 4 is 40.6 Å². The topological polar surface area (TPSA) is 46.6 Å². The molecule has 3 aromatic rings. The van der Waals surface area contributed by atoms with Gasteiger partial charge in [-0.15, -0.1) is 0 Å². The van der Waals surface area contributed by atoms with Crippen molar-refractivity contribution in [3.05, 3.63) is 105 Å². The Kier molecular flexibility index (Phi) is 6.39. The van der Waals surface area contributed by atoms with Crippen molar-refractivity contribution in [3.8, 4) is 5.75 Å². The minimum absolute atomic E-state index is 0.115. The fourth-order valence-corrected chi connectivity index (χ4v) is 4.13. The minimum atomic E-state index is -0.557. The van der Waals surface area contributed by atoms with E-state index in [4.69, 9.17) is 16.3 Å². The molecule has 3 aromatic carbocycles. The summed E-state index contributed by atoms with van der Waals surface area (Å²) in [4.78, 5) is 26.4. The van der Waals surface area contributed by atoms with Crippen LogP contribution in [0.5, 0.6) is 5.75 Å². The van der Waals surface area contributed by atoms with E-state index in [0.29, 0.717) is 12.4 Å². The van der Waals surface area contributed by atoms with Gasteiger partial charge in [-0.05, 0) is 53.2 Å². The third kappa shape index (κ3) is 4.98. The molecule has 0 radical (unpaired) electrons. The molecule has 1 aliphatic heterocycles. The van der Waals surface area contributed by atoms with Crippen molar-refractivity contribution < 1.29 is 18.7 Å². The average molecular weight is 454 g/mol. The lowest BCUT2D eigenvalue weighted by atomic mass is 10.1. The molecule has 2 amide bonds. The van der Waals surface area contributed by atoms with E-state index < -0.39 is 17.0 Å². The van der Waals surface area contributed by atoms with Gasteiger partial charge >= 0.3 is 0 Å². The van der Waals surface area contributed by atoms with Crippen molar-refractivity contribution in [2.24, 2.45) is 0 Å². The van der Waals surface area contributed by atoms with Crippen molar-refractivity contribution in [1.29, 1.82) is 0 Å².